The average Bonchev–Trinajstić information content (AvgIpc) is 2.88. The molecular weight excluding hydrogens is 234 g/mol. The summed E-state index contributed by atoms with van der Waals surface area (Å²) in [6, 6.07) is 0. The van der Waals surface area contributed by atoms with Crippen LogP contribution in [0.15, 0.2) is 0 Å². The van der Waals surface area contributed by atoms with Crippen LogP contribution in [-0.4, -0.2) is 18.9 Å². The third-order valence-corrected chi connectivity index (χ3v) is 4.57. The number of hydrogen-bond acceptors (Lipinski definition) is 2. The van der Waals surface area contributed by atoms with E-state index in [9.17, 15) is 4.79 Å². The highest BCUT2D eigenvalue weighted by atomic mass is 16.1. The second kappa shape index (κ2) is 9.52. The molecule has 0 aromatic carbocycles. The first-order valence-electron chi connectivity index (χ1n) is 8.49. The number of carbonyl (C=O) groups is 1. The van der Waals surface area contributed by atoms with Crippen molar-refractivity contribution in [3.05, 3.63) is 0 Å². The molecular formula is C17H33NO. The summed E-state index contributed by atoms with van der Waals surface area (Å²) in [4.78, 5) is 12.5. The van der Waals surface area contributed by atoms with E-state index in [2.05, 4.69) is 19.2 Å². The molecule has 0 radical (unpaired) electrons. The quantitative estimate of drug-likeness (QED) is 0.559. The third kappa shape index (κ3) is 5.64. The first kappa shape index (κ1) is 16.7. The lowest BCUT2D eigenvalue weighted by Crippen LogP contribution is -2.33. The van der Waals surface area contributed by atoms with Crippen molar-refractivity contribution >= 4 is 5.78 Å². The van der Waals surface area contributed by atoms with Gasteiger partial charge in [0, 0.05) is 18.4 Å². The van der Waals surface area contributed by atoms with Crippen molar-refractivity contribution in [2.75, 3.05) is 13.1 Å². The molecule has 2 nitrogen and oxygen atoms in total. The molecule has 19 heavy (non-hydrogen) atoms. The van der Waals surface area contributed by atoms with E-state index in [-0.39, 0.29) is 5.41 Å². The number of unbranched alkanes of at least 4 members (excludes halogenated alkanes) is 6. The number of carbonyl (C=O) groups excluding carboxylic acids is 1. The highest BCUT2D eigenvalue weighted by Crippen LogP contribution is 2.33. The van der Waals surface area contributed by atoms with Gasteiger partial charge in [0.1, 0.15) is 5.78 Å². The Labute approximate surface area is 119 Å². The highest BCUT2D eigenvalue weighted by Gasteiger charge is 2.38. The summed E-state index contributed by atoms with van der Waals surface area (Å²) in [7, 11) is 0. The van der Waals surface area contributed by atoms with Gasteiger partial charge in [-0.15, -0.1) is 0 Å². The Hall–Kier alpha value is -0.370. The van der Waals surface area contributed by atoms with Gasteiger partial charge in [0.05, 0.1) is 0 Å². The van der Waals surface area contributed by atoms with Crippen molar-refractivity contribution < 1.29 is 4.79 Å². The number of Topliss-reactive ketones (excluding diaryl/α,β-unsaturated/α-hetero) is 1. The lowest BCUT2D eigenvalue weighted by atomic mass is 9.77. The minimum Gasteiger partial charge on any atom is -0.316 e. The van der Waals surface area contributed by atoms with Crippen LogP contribution in [0.3, 0.4) is 0 Å². The van der Waals surface area contributed by atoms with Gasteiger partial charge in [-0.2, -0.15) is 0 Å². The van der Waals surface area contributed by atoms with Gasteiger partial charge < -0.3 is 5.32 Å². The molecule has 0 aliphatic carbocycles. The molecule has 1 atom stereocenters. The first-order valence-corrected chi connectivity index (χ1v) is 8.49. The summed E-state index contributed by atoms with van der Waals surface area (Å²) in [6.45, 7) is 6.40. The van der Waals surface area contributed by atoms with E-state index < -0.39 is 0 Å². The van der Waals surface area contributed by atoms with Gasteiger partial charge in [-0.05, 0) is 25.8 Å². The fourth-order valence-electron chi connectivity index (χ4n) is 3.32. The molecule has 2 heteroatoms. The third-order valence-electron chi connectivity index (χ3n) is 4.57. The van der Waals surface area contributed by atoms with Gasteiger partial charge >= 0.3 is 0 Å². The normalized spacial score (nSPS) is 22.8. The van der Waals surface area contributed by atoms with Crippen LogP contribution in [0.1, 0.15) is 84.5 Å². The highest BCUT2D eigenvalue weighted by molar-refractivity contribution is 5.85. The number of rotatable bonds is 11. The van der Waals surface area contributed by atoms with Gasteiger partial charge in [0.15, 0.2) is 0 Å². The van der Waals surface area contributed by atoms with Gasteiger partial charge in [0.2, 0.25) is 0 Å². The molecule has 1 fully saturated rings. The maximum Gasteiger partial charge on any atom is 0.140 e. The van der Waals surface area contributed by atoms with E-state index in [0.717, 1.165) is 45.2 Å². The Kier molecular flexibility index (Phi) is 8.36. The molecule has 0 aromatic heterocycles. The molecule has 1 saturated heterocycles. The summed E-state index contributed by atoms with van der Waals surface area (Å²) in [5.74, 6) is 0.535. The molecule has 0 saturated carbocycles. The predicted octanol–water partition coefficient (Wildman–Crippen LogP) is 4.48. The van der Waals surface area contributed by atoms with Crippen molar-refractivity contribution in [1.29, 1.82) is 0 Å². The Morgan fingerprint density at radius 1 is 1.00 bits per heavy atom. The standard InChI is InChI=1S/C17H33NO/c1-3-5-6-7-8-9-10-11-16(19)17(12-4-2)13-14-18-15-17/h18H,3-15H2,1-2H3. The fraction of sp³-hybridized carbons (Fsp3) is 0.941. The SMILES string of the molecule is CCCCCCCCCC(=O)C1(CCC)CCNC1. The molecule has 1 heterocycles. The minimum atomic E-state index is -0.00302. The van der Waals surface area contributed by atoms with E-state index in [0.29, 0.717) is 5.78 Å². The predicted molar refractivity (Wildman–Crippen MR) is 82.4 cm³/mol. The van der Waals surface area contributed by atoms with Crippen molar-refractivity contribution in [2.45, 2.75) is 84.5 Å². The lowest BCUT2D eigenvalue weighted by molar-refractivity contribution is -0.128. The smallest absolute Gasteiger partial charge is 0.140 e. The monoisotopic (exact) mass is 267 g/mol. The van der Waals surface area contributed by atoms with Crippen LogP contribution in [0.5, 0.6) is 0 Å². The zero-order valence-electron chi connectivity index (χ0n) is 13.1. The second-order valence-electron chi connectivity index (χ2n) is 6.25. The summed E-state index contributed by atoms with van der Waals surface area (Å²) in [5, 5.41) is 3.38. The zero-order valence-corrected chi connectivity index (χ0v) is 13.1. The van der Waals surface area contributed by atoms with Crippen molar-refractivity contribution in [2.24, 2.45) is 5.41 Å². The van der Waals surface area contributed by atoms with Gasteiger partial charge in [-0.1, -0.05) is 58.8 Å². The van der Waals surface area contributed by atoms with Crippen LogP contribution in [0.2, 0.25) is 0 Å². The summed E-state index contributed by atoms with van der Waals surface area (Å²) >= 11 is 0. The molecule has 1 unspecified atom stereocenters. The van der Waals surface area contributed by atoms with E-state index in [1.165, 1.54) is 38.5 Å². The Morgan fingerprint density at radius 3 is 2.26 bits per heavy atom. The summed E-state index contributed by atoms with van der Waals surface area (Å²) < 4.78 is 0. The summed E-state index contributed by atoms with van der Waals surface area (Å²) in [6.07, 6.45) is 13.1. The Bertz CT molecular complexity index is 244. The fourth-order valence-corrected chi connectivity index (χ4v) is 3.32. The van der Waals surface area contributed by atoms with Gasteiger partial charge in [0.25, 0.3) is 0 Å². The van der Waals surface area contributed by atoms with E-state index in [1.54, 1.807) is 0 Å². The minimum absolute atomic E-state index is 0.00302. The van der Waals surface area contributed by atoms with Crippen LogP contribution in [0, 0.1) is 5.41 Å². The molecule has 0 bridgehead atoms. The molecule has 0 amide bonds. The Balaban J connectivity index is 2.15. The van der Waals surface area contributed by atoms with Crippen molar-refractivity contribution in [3.8, 4) is 0 Å². The topological polar surface area (TPSA) is 29.1 Å². The van der Waals surface area contributed by atoms with Gasteiger partial charge in [-0.3, -0.25) is 4.79 Å². The molecule has 0 spiro atoms. The van der Waals surface area contributed by atoms with Gasteiger partial charge in [-0.25, -0.2) is 0 Å². The largest absolute Gasteiger partial charge is 0.316 e. The first-order chi connectivity index (χ1) is 9.25. The van der Waals surface area contributed by atoms with Crippen LogP contribution in [0.4, 0.5) is 0 Å². The van der Waals surface area contributed by atoms with Crippen molar-refractivity contribution in [1.82, 2.24) is 5.32 Å². The zero-order chi connectivity index (χ0) is 14.0. The van der Waals surface area contributed by atoms with Crippen LogP contribution < -0.4 is 5.32 Å². The van der Waals surface area contributed by atoms with E-state index in [1.807, 2.05) is 0 Å². The number of ketones is 1. The maximum atomic E-state index is 12.5. The van der Waals surface area contributed by atoms with Crippen LogP contribution >= 0.6 is 0 Å². The van der Waals surface area contributed by atoms with E-state index >= 15 is 0 Å². The average molecular weight is 267 g/mol. The number of nitrogens with one attached hydrogen (secondary N) is 1. The molecule has 1 N–H and O–H groups in total. The Morgan fingerprint density at radius 2 is 1.68 bits per heavy atom. The van der Waals surface area contributed by atoms with Crippen LogP contribution in [-0.2, 0) is 4.79 Å². The molecule has 0 aromatic rings. The second-order valence-corrected chi connectivity index (χ2v) is 6.25. The van der Waals surface area contributed by atoms with Crippen LogP contribution in [0.25, 0.3) is 0 Å². The van der Waals surface area contributed by atoms with E-state index in [4.69, 9.17) is 0 Å². The maximum absolute atomic E-state index is 12.5. The molecule has 1 rings (SSSR count). The number of hydrogen-bond donors (Lipinski definition) is 1. The van der Waals surface area contributed by atoms with Crippen molar-refractivity contribution in [3.63, 3.8) is 0 Å². The molecule has 1 aliphatic heterocycles. The summed E-state index contributed by atoms with van der Waals surface area (Å²) in [5.41, 5.74) is -0.00302. The lowest BCUT2D eigenvalue weighted by Gasteiger charge is -2.26. The molecule has 112 valence electrons. The molecule has 1 aliphatic rings.